The maximum Gasteiger partial charge on any atom is 0.166 e. The van der Waals surface area contributed by atoms with Gasteiger partial charge in [0.05, 0.1) is 0 Å². The third-order valence-corrected chi connectivity index (χ3v) is 4.11. The van der Waals surface area contributed by atoms with Crippen molar-refractivity contribution in [1.29, 1.82) is 0 Å². The second kappa shape index (κ2) is 3.70. The van der Waals surface area contributed by atoms with Crippen molar-refractivity contribution >= 4 is 5.78 Å². The van der Waals surface area contributed by atoms with E-state index in [0.717, 1.165) is 31.6 Å². The van der Waals surface area contributed by atoms with Crippen molar-refractivity contribution in [3.8, 4) is 0 Å². The number of carbonyl (C=O) groups is 1. The lowest BCUT2D eigenvalue weighted by Gasteiger charge is -2.33. The summed E-state index contributed by atoms with van der Waals surface area (Å²) in [7, 11) is 0. The Bertz CT molecular complexity index is 426. The topological polar surface area (TPSA) is 20.3 Å². The maximum absolute atomic E-state index is 12.2. The van der Waals surface area contributed by atoms with Gasteiger partial charge in [0.2, 0.25) is 0 Å². The van der Waals surface area contributed by atoms with Crippen LogP contribution >= 0.6 is 0 Å². The van der Waals surface area contributed by atoms with Crippen LogP contribution in [0.15, 0.2) is 24.3 Å². The Labute approximate surface area is 96.3 Å². The first-order valence-electron chi connectivity index (χ1n) is 6.16. The fourth-order valence-corrected chi connectivity index (χ4v) is 3.18. The van der Waals surface area contributed by atoms with Crippen molar-refractivity contribution in [3.63, 3.8) is 0 Å². The van der Waals surface area contributed by atoms with Crippen LogP contribution in [0.4, 0.5) is 0 Å². The molecule has 2 unspecified atom stereocenters. The summed E-state index contributed by atoms with van der Waals surface area (Å²) in [6, 6.07) is 8.16. The van der Waals surface area contributed by atoms with E-state index in [-0.39, 0.29) is 5.92 Å². The number of ketones is 1. The van der Waals surface area contributed by atoms with E-state index in [2.05, 4.69) is 24.0 Å². The summed E-state index contributed by atoms with van der Waals surface area (Å²) < 4.78 is 0. The van der Waals surface area contributed by atoms with Gasteiger partial charge < -0.3 is 4.90 Å². The molecule has 0 amide bonds. The van der Waals surface area contributed by atoms with Gasteiger partial charge in [0, 0.05) is 23.9 Å². The third kappa shape index (κ3) is 1.33. The predicted molar refractivity (Wildman–Crippen MR) is 63.7 cm³/mol. The number of benzene rings is 1. The Morgan fingerprint density at radius 2 is 2.12 bits per heavy atom. The SMILES string of the molecule is CCN1CCC2C(=O)c3ccccc3C2C1. The van der Waals surface area contributed by atoms with E-state index < -0.39 is 0 Å². The standard InChI is InChI=1S/C14H17NO/c1-2-15-8-7-12-13(9-15)10-5-3-4-6-11(10)14(12)16/h3-6,12-13H,2,7-9H2,1H3. The van der Waals surface area contributed by atoms with Crippen LogP contribution in [0.3, 0.4) is 0 Å². The van der Waals surface area contributed by atoms with Gasteiger partial charge in [0.1, 0.15) is 0 Å². The molecule has 2 atom stereocenters. The number of hydrogen-bond donors (Lipinski definition) is 0. The molecule has 1 aromatic rings. The fourth-order valence-electron chi connectivity index (χ4n) is 3.18. The predicted octanol–water partition coefficient (Wildman–Crippen LogP) is 2.31. The summed E-state index contributed by atoms with van der Waals surface area (Å²) in [6.45, 7) is 5.43. The van der Waals surface area contributed by atoms with Crippen molar-refractivity contribution in [2.75, 3.05) is 19.6 Å². The van der Waals surface area contributed by atoms with E-state index in [1.165, 1.54) is 5.56 Å². The van der Waals surface area contributed by atoms with Gasteiger partial charge in [0.25, 0.3) is 0 Å². The summed E-state index contributed by atoms with van der Waals surface area (Å²) in [5.41, 5.74) is 2.27. The van der Waals surface area contributed by atoms with Crippen LogP contribution in [-0.2, 0) is 0 Å². The fraction of sp³-hybridized carbons (Fsp3) is 0.500. The van der Waals surface area contributed by atoms with Crippen LogP contribution in [-0.4, -0.2) is 30.3 Å². The average molecular weight is 215 g/mol. The molecular formula is C14H17NO. The molecule has 2 nitrogen and oxygen atoms in total. The Hall–Kier alpha value is -1.15. The van der Waals surface area contributed by atoms with E-state index >= 15 is 0 Å². The second-order valence-corrected chi connectivity index (χ2v) is 4.85. The molecule has 0 saturated carbocycles. The summed E-state index contributed by atoms with van der Waals surface area (Å²) in [5, 5.41) is 0. The summed E-state index contributed by atoms with van der Waals surface area (Å²) in [4.78, 5) is 14.7. The summed E-state index contributed by atoms with van der Waals surface area (Å²) in [5.74, 6) is 1.11. The Morgan fingerprint density at radius 1 is 1.31 bits per heavy atom. The van der Waals surface area contributed by atoms with Crippen molar-refractivity contribution in [1.82, 2.24) is 4.90 Å². The molecule has 1 aromatic carbocycles. The van der Waals surface area contributed by atoms with Crippen molar-refractivity contribution < 1.29 is 4.79 Å². The number of likely N-dealkylation sites (N-methyl/N-ethyl adjacent to an activating group) is 1. The molecule has 2 aliphatic rings. The molecule has 84 valence electrons. The molecule has 1 aliphatic heterocycles. The third-order valence-electron chi connectivity index (χ3n) is 4.11. The lowest BCUT2D eigenvalue weighted by atomic mass is 9.86. The minimum Gasteiger partial charge on any atom is -0.303 e. The highest BCUT2D eigenvalue weighted by Crippen LogP contribution is 2.42. The molecule has 1 saturated heterocycles. The number of nitrogens with zero attached hydrogens (tertiary/aromatic N) is 1. The molecule has 16 heavy (non-hydrogen) atoms. The first-order chi connectivity index (χ1) is 7.81. The van der Waals surface area contributed by atoms with Crippen LogP contribution in [0.5, 0.6) is 0 Å². The van der Waals surface area contributed by atoms with Crippen molar-refractivity contribution in [2.45, 2.75) is 19.3 Å². The van der Waals surface area contributed by atoms with Gasteiger partial charge in [-0.3, -0.25) is 4.79 Å². The molecule has 0 N–H and O–H groups in total. The molecule has 1 aliphatic carbocycles. The van der Waals surface area contributed by atoms with Crippen LogP contribution in [0.25, 0.3) is 0 Å². The Kier molecular flexibility index (Phi) is 2.32. The average Bonchev–Trinajstić information content (AvgIpc) is 2.64. The molecule has 0 radical (unpaired) electrons. The van der Waals surface area contributed by atoms with Crippen molar-refractivity contribution in [3.05, 3.63) is 35.4 Å². The van der Waals surface area contributed by atoms with Gasteiger partial charge in [-0.1, -0.05) is 31.2 Å². The van der Waals surface area contributed by atoms with E-state index in [1.54, 1.807) is 0 Å². The van der Waals surface area contributed by atoms with Crippen LogP contribution in [0.2, 0.25) is 0 Å². The molecule has 0 bridgehead atoms. The number of rotatable bonds is 1. The zero-order valence-corrected chi connectivity index (χ0v) is 9.65. The van der Waals surface area contributed by atoms with E-state index in [1.807, 2.05) is 12.1 Å². The maximum atomic E-state index is 12.2. The van der Waals surface area contributed by atoms with E-state index in [0.29, 0.717) is 11.7 Å². The van der Waals surface area contributed by atoms with Crippen molar-refractivity contribution in [2.24, 2.45) is 5.92 Å². The van der Waals surface area contributed by atoms with Gasteiger partial charge >= 0.3 is 0 Å². The molecule has 0 aromatic heterocycles. The molecule has 1 fully saturated rings. The molecule has 0 spiro atoms. The molecule has 3 rings (SSSR count). The molecule has 1 heterocycles. The van der Waals surface area contributed by atoms with Gasteiger partial charge in [-0.15, -0.1) is 0 Å². The monoisotopic (exact) mass is 215 g/mol. The first kappa shape index (κ1) is 10.0. The number of likely N-dealkylation sites (tertiary alicyclic amines) is 1. The normalized spacial score (nSPS) is 28.9. The van der Waals surface area contributed by atoms with Crippen LogP contribution in [0.1, 0.15) is 35.2 Å². The van der Waals surface area contributed by atoms with Crippen LogP contribution in [0, 0.1) is 5.92 Å². The number of piperidine rings is 1. The number of hydrogen-bond acceptors (Lipinski definition) is 2. The number of Topliss-reactive ketones (excluding diaryl/α,β-unsaturated/α-hetero) is 1. The number of carbonyl (C=O) groups excluding carboxylic acids is 1. The van der Waals surface area contributed by atoms with E-state index in [9.17, 15) is 4.79 Å². The minimum absolute atomic E-state index is 0.264. The summed E-state index contributed by atoms with van der Waals surface area (Å²) >= 11 is 0. The van der Waals surface area contributed by atoms with Gasteiger partial charge in [-0.2, -0.15) is 0 Å². The highest BCUT2D eigenvalue weighted by atomic mass is 16.1. The Balaban J connectivity index is 1.98. The van der Waals surface area contributed by atoms with Gasteiger partial charge in [-0.25, -0.2) is 0 Å². The number of fused-ring (bicyclic) bond motifs is 3. The van der Waals surface area contributed by atoms with Crippen LogP contribution < -0.4 is 0 Å². The van der Waals surface area contributed by atoms with E-state index in [4.69, 9.17) is 0 Å². The lowest BCUT2D eigenvalue weighted by molar-refractivity contribution is 0.0846. The zero-order valence-electron chi connectivity index (χ0n) is 9.65. The largest absolute Gasteiger partial charge is 0.303 e. The smallest absolute Gasteiger partial charge is 0.166 e. The highest BCUT2D eigenvalue weighted by Gasteiger charge is 2.42. The van der Waals surface area contributed by atoms with Gasteiger partial charge in [0.15, 0.2) is 5.78 Å². The van der Waals surface area contributed by atoms with Gasteiger partial charge in [-0.05, 0) is 25.1 Å². The second-order valence-electron chi connectivity index (χ2n) is 4.85. The first-order valence-corrected chi connectivity index (χ1v) is 6.16. The highest BCUT2D eigenvalue weighted by molar-refractivity contribution is 6.03. The Morgan fingerprint density at radius 3 is 2.94 bits per heavy atom. The summed E-state index contributed by atoms with van der Waals surface area (Å²) in [6.07, 6.45) is 1.03. The quantitative estimate of drug-likeness (QED) is 0.716. The molecule has 2 heteroatoms. The lowest BCUT2D eigenvalue weighted by Crippen LogP contribution is -2.38. The zero-order chi connectivity index (χ0) is 11.1. The minimum atomic E-state index is 0.264. The molecular weight excluding hydrogens is 198 g/mol.